The molecule has 4 nitrogen and oxygen atoms in total. The predicted octanol–water partition coefficient (Wildman–Crippen LogP) is 6.18. The number of hydrogen-bond donors (Lipinski definition) is 0. The topological polar surface area (TPSA) is 52.6 Å². The lowest BCUT2D eigenvalue weighted by atomic mass is 9.87. The minimum Gasteiger partial charge on any atom is -0.422 e. The van der Waals surface area contributed by atoms with Crippen LogP contribution in [-0.2, 0) is 9.59 Å². The third-order valence-corrected chi connectivity index (χ3v) is 6.81. The maximum absolute atomic E-state index is 12.5. The van der Waals surface area contributed by atoms with Gasteiger partial charge >= 0.3 is 11.9 Å². The van der Waals surface area contributed by atoms with Crippen molar-refractivity contribution >= 4 is 38.6 Å². The maximum atomic E-state index is 12.5. The Balaban J connectivity index is 2.06. The van der Waals surface area contributed by atoms with E-state index in [1.165, 1.54) is 0 Å². The summed E-state index contributed by atoms with van der Waals surface area (Å²) in [5.41, 5.74) is 2.68. The van der Waals surface area contributed by atoms with E-state index in [9.17, 15) is 9.59 Å². The second-order valence-electron chi connectivity index (χ2n) is 8.14. The molecule has 29 heavy (non-hydrogen) atoms. The number of carbonyl (C=O) groups is 2. The molecule has 3 atom stereocenters. The van der Waals surface area contributed by atoms with Crippen molar-refractivity contribution in [1.82, 2.24) is 0 Å². The van der Waals surface area contributed by atoms with Crippen LogP contribution in [0.4, 0.5) is 0 Å². The summed E-state index contributed by atoms with van der Waals surface area (Å²) in [4.78, 5) is 24.9. The van der Waals surface area contributed by atoms with Gasteiger partial charge in [0.2, 0.25) is 0 Å². The van der Waals surface area contributed by atoms with Gasteiger partial charge in [0.25, 0.3) is 0 Å². The first-order valence-corrected chi connectivity index (χ1v) is 10.5. The monoisotopic (exact) mass is 454 g/mol. The number of fused-ring (bicyclic) bond motifs is 6. The number of halogens is 1. The summed E-state index contributed by atoms with van der Waals surface area (Å²) >= 11 is 3.61. The van der Waals surface area contributed by atoms with Gasteiger partial charge < -0.3 is 9.47 Å². The van der Waals surface area contributed by atoms with Crippen LogP contribution in [0, 0.1) is 5.92 Å². The van der Waals surface area contributed by atoms with Crippen molar-refractivity contribution < 1.29 is 19.1 Å². The third-order valence-electron chi connectivity index (χ3n) is 6.15. The molecule has 0 spiro atoms. The summed E-state index contributed by atoms with van der Waals surface area (Å²) < 4.78 is 12.6. The zero-order chi connectivity index (χ0) is 21.0. The van der Waals surface area contributed by atoms with Crippen LogP contribution in [0.3, 0.4) is 0 Å². The molecule has 1 fully saturated rings. The highest BCUT2D eigenvalue weighted by Gasteiger charge is 2.48. The molecular formula is C24H23BrO4. The van der Waals surface area contributed by atoms with Gasteiger partial charge in [-0.2, -0.15) is 0 Å². The Kier molecular flexibility index (Phi) is 4.89. The molecule has 4 rings (SSSR count). The van der Waals surface area contributed by atoms with Crippen molar-refractivity contribution in [3.8, 4) is 11.5 Å². The second kappa shape index (κ2) is 7.13. The highest BCUT2D eigenvalue weighted by atomic mass is 79.9. The van der Waals surface area contributed by atoms with Gasteiger partial charge in [0, 0.05) is 37.5 Å². The quantitative estimate of drug-likeness (QED) is 0.314. The van der Waals surface area contributed by atoms with Crippen LogP contribution in [-0.4, -0.2) is 11.9 Å². The number of rotatable bonds is 4. The molecule has 3 unspecified atom stereocenters. The zero-order valence-corrected chi connectivity index (χ0v) is 18.4. The minimum atomic E-state index is -0.452. The molecule has 0 saturated heterocycles. The standard InChI is InChI=1S/C24H23BrO4/c1-11(2)23(26)28-21-16-7-6-8-17(25)18(16)22(29-24(27)12(3)4)20-15-10-9-14(13(15)5)19(20)21/h6-8,13-15H,1,3,9-10H2,2,4-5H3. The van der Waals surface area contributed by atoms with Gasteiger partial charge in [0.05, 0.1) is 0 Å². The molecule has 0 aliphatic heterocycles. The molecule has 0 aromatic heterocycles. The van der Waals surface area contributed by atoms with Crippen molar-refractivity contribution in [2.75, 3.05) is 0 Å². The van der Waals surface area contributed by atoms with Crippen LogP contribution in [0.25, 0.3) is 10.8 Å². The molecule has 0 heterocycles. The van der Waals surface area contributed by atoms with E-state index >= 15 is 0 Å². The third kappa shape index (κ3) is 3.03. The van der Waals surface area contributed by atoms with Crippen molar-refractivity contribution in [2.24, 2.45) is 5.92 Å². The minimum absolute atomic E-state index is 0.265. The van der Waals surface area contributed by atoms with E-state index in [1.807, 2.05) is 18.2 Å². The summed E-state index contributed by atoms with van der Waals surface area (Å²) in [6.07, 6.45) is 2.06. The molecule has 2 aliphatic rings. The Morgan fingerprint density at radius 1 is 0.966 bits per heavy atom. The van der Waals surface area contributed by atoms with Gasteiger partial charge in [0.15, 0.2) is 0 Å². The Bertz CT molecular complexity index is 1100. The van der Waals surface area contributed by atoms with E-state index in [1.54, 1.807) is 13.8 Å². The van der Waals surface area contributed by atoms with E-state index in [2.05, 4.69) is 36.0 Å². The molecule has 2 aromatic rings. The van der Waals surface area contributed by atoms with Crippen LogP contribution in [0.15, 0.2) is 47.0 Å². The van der Waals surface area contributed by atoms with Crippen LogP contribution in [0.2, 0.25) is 0 Å². The summed E-state index contributed by atoms with van der Waals surface area (Å²) in [5, 5.41) is 1.49. The molecule has 2 bridgehead atoms. The van der Waals surface area contributed by atoms with E-state index in [-0.39, 0.29) is 11.8 Å². The number of hydrogen-bond acceptors (Lipinski definition) is 4. The Morgan fingerprint density at radius 3 is 2.03 bits per heavy atom. The Morgan fingerprint density at radius 2 is 1.48 bits per heavy atom. The van der Waals surface area contributed by atoms with Crippen molar-refractivity contribution in [3.63, 3.8) is 0 Å². The van der Waals surface area contributed by atoms with E-state index in [0.717, 1.165) is 39.2 Å². The first-order chi connectivity index (χ1) is 13.7. The zero-order valence-electron chi connectivity index (χ0n) is 16.8. The lowest BCUT2D eigenvalue weighted by Crippen LogP contribution is -2.15. The average molecular weight is 455 g/mol. The first kappa shape index (κ1) is 19.9. The fourth-order valence-electron chi connectivity index (χ4n) is 4.76. The molecule has 1 saturated carbocycles. The van der Waals surface area contributed by atoms with Gasteiger partial charge in [-0.05, 0) is 50.5 Å². The first-order valence-electron chi connectivity index (χ1n) is 9.75. The summed E-state index contributed by atoms with van der Waals surface area (Å²) in [5.74, 6) is 1.16. The fraction of sp³-hybridized carbons (Fsp3) is 0.333. The smallest absolute Gasteiger partial charge is 0.338 e. The van der Waals surface area contributed by atoms with Gasteiger partial charge in [-0.3, -0.25) is 0 Å². The van der Waals surface area contributed by atoms with Crippen LogP contribution >= 0.6 is 15.9 Å². The lowest BCUT2D eigenvalue weighted by Gasteiger charge is -2.24. The highest BCUT2D eigenvalue weighted by Crippen LogP contribution is 2.64. The highest BCUT2D eigenvalue weighted by molar-refractivity contribution is 9.10. The lowest BCUT2D eigenvalue weighted by molar-refractivity contribution is -0.131. The van der Waals surface area contributed by atoms with Gasteiger partial charge in [0.1, 0.15) is 11.5 Å². The number of ether oxygens (including phenoxy) is 2. The molecule has 150 valence electrons. The number of esters is 2. The Labute approximate surface area is 178 Å². The summed E-state index contributed by atoms with van der Waals surface area (Å²) in [7, 11) is 0. The van der Waals surface area contributed by atoms with Crippen LogP contribution in [0.5, 0.6) is 11.5 Å². The van der Waals surface area contributed by atoms with Crippen LogP contribution < -0.4 is 9.47 Å². The van der Waals surface area contributed by atoms with Gasteiger partial charge in [-0.15, -0.1) is 0 Å². The van der Waals surface area contributed by atoms with E-state index in [0.29, 0.717) is 28.6 Å². The molecule has 5 heteroatoms. The molecule has 2 aliphatic carbocycles. The van der Waals surface area contributed by atoms with Crippen molar-refractivity contribution in [2.45, 2.75) is 45.4 Å². The largest absolute Gasteiger partial charge is 0.422 e. The average Bonchev–Trinajstić information content (AvgIpc) is 3.16. The van der Waals surface area contributed by atoms with Gasteiger partial charge in [-0.1, -0.05) is 48.1 Å². The van der Waals surface area contributed by atoms with Gasteiger partial charge in [-0.25, -0.2) is 9.59 Å². The summed E-state index contributed by atoms with van der Waals surface area (Å²) in [6, 6.07) is 5.68. The predicted molar refractivity (Wildman–Crippen MR) is 116 cm³/mol. The van der Waals surface area contributed by atoms with Crippen molar-refractivity contribution in [3.05, 3.63) is 58.1 Å². The molecule has 2 aromatic carbocycles. The number of carbonyl (C=O) groups excluding carboxylic acids is 2. The molecule has 0 radical (unpaired) electrons. The number of benzene rings is 2. The SMILES string of the molecule is C=C(C)C(=O)Oc1c2c(c(OC(=O)C(=C)C)c3c(Br)cccc13)C1CCC2C1C. The Hall–Kier alpha value is -2.40. The molecule has 0 amide bonds. The van der Waals surface area contributed by atoms with E-state index < -0.39 is 11.9 Å². The fourth-order valence-corrected chi connectivity index (χ4v) is 5.31. The summed E-state index contributed by atoms with van der Waals surface area (Å²) in [6.45, 7) is 12.9. The normalized spacial score (nSPS) is 21.7. The van der Waals surface area contributed by atoms with Crippen molar-refractivity contribution in [1.29, 1.82) is 0 Å². The van der Waals surface area contributed by atoms with E-state index in [4.69, 9.17) is 9.47 Å². The molecule has 0 N–H and O–H groups in total. The second-order valence-corrected chi connectivity index (χ2v) is 8.99. The maximum Gasteiger partial charge on any atom is 0.338 e. The van der Waals surface area contributed by atoms with Crippen LogP contribution in [0.1, 0.15) is 56.6 Å². The molecular weight excluding hydrogens is 432 g/mol.